The first-order chi connectivity index (χ1) is 8.63. The van der Waals surface area contributed by atoms with Crippen LogP contribution in [-0.2, 0) is 4.79 Å². The van der Waals surface area contributed by atoms with Gasteiger partial charge in [-0.3, -0.25) is 4.79 Å². The van der Waals surface area contributed by atoms with Gasteiger partial charge in [-0.25, -0.2) is 0 Å². The van der Waals surface area contributed by atoms with Crippen LogP contribution in [-0.4, -0.2) is 5.91 Å². The zero-order valence-corrected chi connectivity index (χ0v) is 11.6. The number of fused-ring (bicyclic) bond motifs is 1. The Balaban J connectivity index is 2.14. The van der Waals surface area contributed by atoms with Crippen molar-refractivity contribution in [2.75, 3.05) is 5.32 Å². The van der Waals surface area contributed by atoms with Gasteiger partial charge < -0.3 is 5.32 Å². The molecule has 0 saturated heterocycles. The highest BCUT2D eigenvalue weighted by molar-refractivity contribution is 6.03. The molecule has 1 aromatic carbocycles. The van der Waals surface area contributed by atoms with Crippen LogP contribution in [0.5, 0.6) is 0 Å². The van der Waals surface area contributed by atoms with Gasteiger partial charge in [0.2, 0.25) is 5.91 Å². The first-order valence-corrected chi connectivity index (χ1v) is 7.05. The molecule has 1 N–H and O–H groups in total. The molecule has 1 aliphatic rings. The number of hydrogen-bond donors (Lipinski definition) is 1. The lowest BCUT2D eigenvalue weighted by Crippen LogP contribution is -2.19. The van der Waals surface area contributed by atoms with Crippen molar-refractivity contribution >= 4 is 11.6 Å². The maximum absolute atomic E-state index is 12.1. The van der Waals surface area contributed by atoms with Crippen molar-refractivity contribution < 1.29 is 4.79 Å². The van der Waals surface area contributed by atoms with E-state index in [1.165, 1.54) is 30.4 Å². The number of amides is 1. The number of rotatable bonds is 5. The van der Waals surface area contributed by atoms with Gasteiger partial charge in [0.1, 0.15) is 0 Å². The second-order valence-corrected chi connectivity index (χ2v) is 5.53. The topological polar surface area (TPSA) is 29.1 Å². The Kier molecular flexibility index (Phi) is 4.05. The van der Waals surface area contributed by atoms with E-state index in [1.807, 2.05) is 6.07 Å². The van der Waals surface area contributed by atoms with Gasteiger partial charge in [0, 0.05) is 5.69 Å². The van der Waals surface area contributed by atoms with Crippen molar-refractivity contribution in [3.05, 3.63) is 29.3 Å². The molecule has 2 unspecified atom stereocenters. The summed E-state index contributed by atoms with van der Waals surface area (Å²) in [5.41, 5.74) is 3.44. The average Bonchev–Trinajstić information content (AvgIpc) is 2.64. The fourth-order valence-electron chi connectivity index (χ4n) is 2.85. The van der Waals surface area contributed by atoms with Crippen molar-refractivity contribution in [1.82, 2.24) is 0 Å². The van der Waals surface area contributed by atoms with E-state index in [4.69, 9.17) is 0 Å². The number of hydrogen-bond acceptors (Lipinski definition) is 1. The van der Waals surface area contributed by atoms with Crippen molar-refractivity contribution in [3.63, 3.8) is 0 Å². The number of benzene rings is 1. The molecule has 0 aromatic heterocycles. The monoisotopic (exact) mass is 245 g/mol. The maximum atomic E-state index is 12.1. The molecule has 18 heavy (non-hydrogen) atoms. The number of carbonyl (C=O) groups excluding carboxylic acids is 1. The molecule has 1 aliphatic heterocycles. The quantitative estimate of drug-likeness (QED) is 0.772. The number of anilines is 1. The Bertz CT molecular complexity index is 439. The number of nitrogens with one attached hydrogen (secondary N) is 1. The van der Waals surface area contributed by atoms with Crippen LogP contribution in [0.1, 0.15) is 56.6 Å². The van der Waals surface area contributed by atoms with Gasteiger partial charge in [0.25, 0.3) is 0 Å². The molecule has 2 heteroatoms. The second kappa shape index (κ2) is 5.55. The Morgan fingerprint density at radius 3 is 2.83 bits per heavy atom. The van der Waals surface area contributed by atoms with Gasteiger partial charge in [0.05, 0.1) is 5.92 Å². The molecule has 2 rings (SSSR count). The minimum atomic E-state index is 0.0526. The van der Waals surface area contributed by atoms with Gasteiger partial charge in [0.15, 0.2) is 0 Å². The van der Waals surface area contributed by atoms with E-state index in [0.717, 1.165) is 12.1 Å². The van der Waals surface area contributed by atoms with E-state index in [2.05, 4.69) is 38.2 Å². The third kappa shape index (κ3) is 2.58. The van der Waals surface area contributed by atoms with Crippen molar-refractivity contribution in [2.24, 2.45) is 5.92 Å². The van der Waals surface area contributed by atoms with Crippen LogP contribution in [0.4, 0.5) is 5.69 Å². The standard InChI is InChI=1S/C16H23NO/c1-4-5-6-7-12(3)15-13-10-11(2)8-9-14(13)17-16(15)18/h8-10,12,15H,4-7H2,1-3H3,(H,17,18). The second-order valence-electron chi connectivity index (χ2n) is 5.53. The van der Waals surface area contributed by atoms with Crippen LogP contribution < -0.4 is 5.32 Å². The molecule has 1 aromatic rings. The molecule has 0 bridgehead atoms. The molecule has 0 radical (unpaired) electrons. The Labute approximate surface area is 110 Å². The van der Waals surface area contributed by atoms with Crippen LogP contribution in [0.15, 0.2) is 18.2 Å². The summed E-state index contributed by atoms with van der Waals surface area (Å²) in [4.78, 5) is 12.1. The molecular formula is C16H23NO. The summed E-state index contributed by atoms with van der Waals surface area (Å²) in [7, 11) is 0. The first kappa shape index (κ1) is 13.1. The van der Waals surface area contributed by atoms with Crippen LogP contribution in [0.25, 0.3) is 0 Å². The van der Waals surface area contributed by atoms with Crippen LogP contribution in [0.3, 0.4) is 0 Å². The predicted molar refractivity (Wildman–Crippen MR) is 75.9 cm³/mol. The van der Waals surface area contributed by atoms with E-state index in [0.29, 0.717) is 5.92 Å². The molecule has 0 aliphatic carbocycles. The third-order valence-electron chi connectivity index (χ3n) is 3.91. The zero-order chi connectivity index (χ0) is 13.1. The summed E-state index contributed by atoms with van der Waals surface area (Å²) in [5, 5.41) is 3.01. The fourth-order valence-corrected chi connectivity index (χ4v) is 2.85. The van der Waals surface area contributed by atoms with Gasteiger partial charge in [-0.2, -0.15) is 0 Å². The van der Waals surface area contributed by atoms with E-state index in [9.17, 15) is 4.79 Å². The SMILES string of the molecule is CCCCCC(C)C1C(=O)Nc2ccc(C)cc21. The van der Waals surface area contributed by atoms with Gasteiger partial charge >= 0.3 is 0 Å². The van der Waals surface area contributed by atoms with E-state index >= 15 is 0 Å². The minimum Gasteiger partial charge on any atom is -0.325 e. The summed E-state index contributed by atoms with van der Waals surface area (Å²) in [5.74, 6) is 0.663. The molecule has 98 valence electrons. The largest absolute Gasteiger partial charge is 0.325 e. The zero-order valence-electron chi connectivity index (χ0n) is 11.6. The van der Waals surface area contributed by atoms with Gasteiger partial charge in [-0.1, -0.05) is 50.8 Å². The molecule has 0 saturated carbocycles. The van der Waals surface area contributed by atoms with Gasteiger partial charge in [-0.05, 0) is 30.9 Å². The van der Waals surface area contributed by atoms with Crippen molar-refractivity contribution in [3.8, 4) is 0 Å². The lowest BCUT2D eigenvalue weighted by molar-refractivity contribution is -0.118. The third-order valence-corrected chi connectivity index (χ3v) is 3.91. The number of unbranched alkanes of at least 4 members (excludes halogenated alkanes) is 2. The maximum Gasteiger partial charge on any atom is 0.232 e. The highest BCUT2D eigenvalue weighted by Gasteiger charge is 2.34. The number of carbonyl (C=O) groups is 1. The molecule has 0 spiro atoms. The van der Waals surface area contributed by atoms with Crippen molar-refractivity contribution in [1.29, 1.82) is 0 Å². The van der Waals surface area contributed by atoms with E-state index < -0.39 is 0 Å². The number of aryl methyl sites for hydroxylation is 1. The van der Waals surface area contributed by atoms with E-state index in [-0.39, 0.29) is 11.8 Å². The summed E-state index contributed by atoms with van der Waals surface area (Å²) in [6, 6.07) is 6.25. The highest BCUT2D eigenvalue weighted by atomic mass is 16.2. The summed E-state index contributed by atoms with van der Waals surface area (Å²) in [6.45, 7) is 6.50. The molecule has 1 amide bonds. The van der Waals surface area contributed by atoms with Gasteiger partial charge in [-0.15, -0.1) is 0 Å². The van der Waals surface area contributed by atoms with E-state index in [1.54, 1.807) is 0 Å². The first-order valence-electron chi connectivity index (χ1n) is 7.05. The smallest absolute Gasteiger partial charge is 0.232 e. The predicted octanol–water partition coefficient (Wildman–Crippen LogP) is 4.25. The Morgan fingerprint density at radius 2 is 2.11 bits per heavy atom. The average molecular weight is 245 g/mol. The summed E-state index contributed by atoms with van der Waals surface area (Å²) >= 11 is 0. The summed E-state index contributed by atoms with van der Waals surface area (Å²) in [6.07, 6.45) is 4.86. The summed E-state index contributed by atoms with van der Waals surface area (Å²) < 4.78 is 0. The van der Waals surface area contributed by atoms with Crippen LogP contribution in [0, 0.1) is 12.8 Å². The lowest BCUT2D eigenvalue weighted by Gasteiger charge is -2.18. The van der Waals surface area contributed by atoms with Crippen molar-refractivity contribution in [2.45, 2.75) is 52.4 Å². The molecular weight excluding hydrogens is 222 g/mol. The minimum absolute atomic E-state index is 0.0526. The molecule has 0 fully saturated rings. The lowest BCUT2D eigenvalue weighted by atomic mass is 9.84. The van der Waals surface area contributed by atoms with Crippen LogP contribution >= 0.6 is 0 Å². The fraction of sp³-hybridized carbons (Fsp3) is 0.562. The Morgan fingerprint density at radius 1 is 1.33 bits per heavy atom. The van der Waals surface area contributed by atoms with Crippen LogP contribution in [0.2, 0.25) is 0 Å². The molecule has 1 heterocycles. The normalized spacial score (nSPS) is 19.5. The molecule has 2 atom stereocenters. The highest BCUT2D eigenvalue weighted by Crippen LogP contribution is 2.39. The molecule has 2 nitrogen and oxygen atoms in total. The Hall–Kier alpha value is -1.31.